The number of azo groups is 1. The fourth-order valence-electron chi connectivity index (χ4n) is 4.49. The number of nitrogens with zero attached hydrogens (tertiary/aromatic N) is 2. The summed E-state index contributed by atoms with van der Waals surface area (Å²) in [5.74, 6) is 0. The van der Waals surface area contributed by atoms with Crippen LogP contribution < -0.4 is 0 Å². The van der Waals surface area contributed by atoms with Crippen molar-refractivity contribution in [1.82, 2.24) is 0 Å². The predicted octanol–water partition coefficient (Wildman–Crippen LogP) is 5.27. The normalized spacial score (nSPS) is 39.2. The van der Waals surface area contributed by atoms with Crippen molar-refractivity contribution in [1.29, 1.82) is 0 Å². The second-order valence-electron chi connectivity index (χ2n) is 9.65. The number of halogens is 2. The maximum absolute atomic E-state index is 13.0. The monoisotopic (exact) mass is 410 g/mol. The molecule has 0 spiro atoms. The van der Waals surface area contributed by atoms with Crippen LogP contribution in [-0.4, -0.2) is 46.9 Å². The molecule has 0 N–H and O–H groups in total. The van der Waals surface area contributed by atoms with Gasteiger partial charge in [0.05, 0.1) is 16.1 Å². The molecular formula is C16H32Cl2N2O2Si2. The van der Waals surface area contributed by atoms with Crippen LogP contribution in [0.5, 0.6) is 0 Å². The highest BCUT2D eigenvalue weighted by Crippen LogP contribution is 2.47. The summed E-state index contributed by atoms with van der Waals surface area (Å²) in [6.45, 7) is 13.1. The zero-order chi connectivity index (χ0) is 18.6. The van der Waals surface area contributed by atoms with Gasteiger partial charge in [0, 0.05) is 22.6 Å². The van der Waals surface area contributed by atoms with Crippen LogP contribution in [0.15, 0.2) is 0 Å². The molecule has 140 valence electrons. The Morgan fingerprint density at radius 1 is 0.750 bits per heavy atom. The SMILES string of the molecule is C[Si](C)(C)C1(Cl)CCCC1/[N+]([O-])=[N+](\[O-])C1CCCC1(Cl)[Si](C)(C)C. The summed E-state index contributed by atoms with van der Waals surface area (Å²) >= 11 is 13.9. The highest BCUT2D eigenvalue weighted by Gasteiger charge is 2.61. The lowest BCUT2D eigenvalue weighted by Gasteiger charge is -2.38. The average Bonchev–Trinajstić information content (AvgIpc) is 3.01. The Bertz CT molecular complexity index is 487. The van der Waals surface area contributed by atoms with Crippen molar-refractivity contribution in [2.24, 2.45) is 0 Å². The van der Waals surface area contributed by atoms with E-state index >= 15 is 0 Å². The second kappa shape index (κ2) is 6.43. The van der Waals surface area contributed by atoms with E-state index in [1.54, 1.807) is 0 Å². The topological polar surface area (TPSA) is 52.1 Å². The van der Waals surface area contributed by atoms with Crippen LogP contribution in [0, 0.1) is 10.4 Å². The molecule has 2 aliphatic carbocycles. The molecule has 0 radical (unpaired) electrons. The molecule has 0 aromatic rings. The van der Waals surface area contributed by atoms with Gasteiger partial charge in [0.15, 0.2) is 0 Å². The molecule has 0 aromatic heterocycles. The van der Waals surface area contributed by atoms with Crippen LogP contribution in [0.4, 0.5) is 0 Å². The van der Waals surface area contributed by atoms with Gasteiger partial charge < -0.3 is 10.4 Å². The van der Waals surface area contributed by atoms with Gasteiger partial charge in [-0.1, -0.05) is 39.3 Å². The van der Waals surface area contributed by atoms with Gasteiger partial charge in [0.25, 0.3) is 0 Å². The van der Waals surface area contributed by atoms with Crippen molar-refractivity contribution in [2.45, 2.75) is 98.9 Å². The second-order valence-corrected chi connectivity index (χ2v) is 22.4. The first-order valence-corrected chi connectivity index (χ1v) is 16.8. The Balaban J connectivity index is 2.41. The fraction of sp³-hybridized carbons (Fsp3) is 1.00. The lowest BCUT2D eigenvalue weighted by Crippen LogP contribution is -2.60. The smallest absolute Gasteiger partial charge is 0.245 e. The lowest BCUT2D eigenvalue weighted by atomic mass is 10.2. The van der Waals surface area contributed by atoms with E-state index in [9.17, 15) is 10.4 Å². The van der Waals surface area contributed by atoms with E-state index in [2.05, 4.69) is 39.3 Å². The maximum atomic E-state index is 13.0. The van der Waals surface area contributed by atoms with Gasteiger partial charge in [0.1, 0.15) is 8.99 Å². The third-order valence-corrected chi connectivity index (χ3v) is 16.8. The Morgan fingerprint density at radius 2 is 1.04 bits per heavy atom. The molecule has 2 fully saturated rings. The molecule has 24 heavy (non-hydrogen) atoms. The van der Waals surface area contributed by atoms with Crippen LogP contribution in [0.25, 0.3) is 0 Å². The zero-order valence-electron chi connectivity index (χ0n) is 15.9. The van der Waals surface area contributed by atoms with Gasteiger partial charge in [0.2, 0.25) is 12.1 Å². The molecule has 2 rings (SSSR count). The van der Waals surface area contributed by atoms with Gasteiger partial charge in [-0.3, -0.25) is 0 Å². The molecule has 0 bridgehead atoms. The Labute approximate surface area is 158 Å². The minimum atomic E-state index is -1.80. The summed E-state index contributed by atoms with van der Waals surface area (Å²) in [6, 6.07) is -0.849. The first kappa shape index (κ1) is 20.5. The van der Waals surface area contributed by atoms with Gasteiger partial charge in [-0.05, 0) is 25.7 Å². The van der Waals surface area contributed by atoms with E-state index in [4.69, 9.17) is 23.2 Å². The highest BCUT2D eigenvalue weighted by atomic mass is 35.5. The van der Waals surface area contributed by atoms with Crippen LogP contribution in [0.1, 0.15) is 38.5 Å². The molecule has 2 saturated carbocycles. The summed E-state index contributed by atoms with van der Waals surface area (Å²) < 4.78 is -1.08. The molecule has 0 heterocycles. The van der Waals surface area contributed by atoms with Crippen LogP contribution >= 0.6 is 23.2 Å². The minimum absolute atomic E-state index is 0.425. The van der Waals surface area contributed by atoms with E-state index in [-0.39, 0.29) is 0 Å². The van der Waals surface area contributed by atoms with Crippen molar-refractivity contribution in [3.8, 4) is 0 Å². The summed E-state index contributed by atoms with van der Waals surface area (Å²) in [5, 5.41) is 26.1. The molecule has 0 saturated heterocycles. The number of hydrogen-bond donors (Lipinski definition) is 0. The summed E-state index contributed by atoms with van der Waals surface area (Å²) in [6.07, 6.45) is 4.87. The molecule has 0 aliphatic heterocycles. The van der Waals surface area contributed by atoms with Crippen molar-refractivity contribution in [3.63, 3.8) is 0 Å². The minimum Gasteiger partial charge on any atom is -0.567 e. The fourth-order valence-corrected chi connectivity index (χ4v) is 9.51. The molecular weight excluding hydrogens is 379 g/mol. The first-order valence-electron chi connectivity index (χ1n) is 9.06. The molecule has 4 nitrogen and oxygen atoms in total. The van der Waals surface area contributed by atoms with E-state index in [1.807, 2.05) is 0 Å². The van der Waals surface area contributed by atoms with Crippen molar-refractivity contribution < 1.29 is 9.72 Å². The quantitative estimate of drug-likeness (QED) is 0.208. The number of hydroxylamine groups is 2. The standard InChI is InChI=1S/C16H32Cl2N2O2Si2/c1-23(2,3)15(17)11-7-9-13(15)19(21)20(22)14-10-8-12-16(14,18)24(4,5)6/h13-14H,7-12H2,1-6H3/b20-19+. The van der Waals surface area contributed by atoms with Gasteiger partial charge in [-0.15, -0.1) is 23.2 Å². The Kier molecular flexibility index (Phi) is 5.50. The Hall–Kier alpha value is 0.214. The van der Waals surface area contributed by atoms with Crippen molar-refractivity contribution >= 4 is 39.3 Å². The molecule has 0 amide bonds. The van der Waals surface area contributed by atoms with E-state index in [0.29, 0.717) is 22.6 Å². The van der Waals surface area contributed by atoms with E-state index in [1.165, 1.54) is 0 Å². The summed E-state index contributed by atoms with van der Waals surface area (Å²) in [4.78, 5) is 1.34. The summed E-state index contributed by atoms with van der Waals surface area (Å²) in [5.41, 5.74) is 0. The molecule has 0 aromatic carbocycles. The average molecular weight is 412 g/mol. The van der Waals surface area contributed by atoms with Gasteiger partial charge in [-0.25, -0.2) is 0 Å². The number of hydrogen-bond acceptors (Lipinski definition) is 2. The lowest BCUT2D eigenvalue weighted by molar-refractivity contribution is -0.996. The van der Waals surface area contributed by atoms with E-state index < -0.39 is 37.2 Å². The Morgan fingerprint density at radius 3 is 1.29 bits per heavy atom. The maximum Gasteiger partial charge on any atom is 0.245 e. The first-order chi connectivity index (χ1) is 10.8. The van der Waals surface area contributed by atoms with E-state index in [0.717, 1.165) is 25.7 Å². The number of rotatable bonds is 4. The van der Waals surface area contributed by atoms with Crippen LogP contribution in [0.2, 0.25) is 39.3 Å². The van der Waals surface area contributed by atoms with Crippen LogP contribution in [-0.2, 0) is 0 Å². The molecule has 2 aliphatic rings. The van der Waals surface area contributed by atoms with Gasteiger partial charge in [-0.2, -0.15) is 0 Å². The largest absolute Gasteiger partial charge is 0.567 e. The third-order valence-electron chi connectivity index (χ3n) is 6.31. The molecule has 4 atom stereocenters. The molecule has 8 heteroatoms. The van der Waals surface area contributed by atoms with Crippen molar-refractivity contribution in [2.75, 3.05) is 0 Å². The predicted molar refractivity (Wildman–Crippen MR) is 106 cm³/mol. The van der Waals surface area contributed by atoms with Crippen LogP contribution in [0.3, 0.4) is 0 Å². The number of alkyl halides is 2. The molecule has 4 unspecified atom stereocenters. The van der Waals surface area contributed by atoms with Gasteiger partial charge >= 0.3 is 0 Å². The highest BCUT2D eigenvalue weighted by molar-refractivity contribution is 6.87. The summed E-state index contributed by atoms with van der Waals surface area (Å²) in [7, 11) is -3.60. The zero-order valence-corrected chi connectivity index (χ0v) is 19.4. The third kappa shape index (κ3) is 3.16. The van der Waals surface area contributed by atoms with Crippen molar-refractivity contribution in [3.05, 3.63) is 10.4 Å².